The second-order valence-electron chi connectivity index (χ2n) is 8.56. The molecule has 2 aromatic rings. The molecule has 0 aliphatic carbocycles. The number of carboxylic acid groups (broad SMARTS) is 1. The van der Waals surface area contributed by atoms with Gasteiger partial charge in [0.25, 0.3) is 5.41 Å². The zero-order valence-electron chi connectivity index (χ0n) is 18.5. The fourth-order valence-corrected chi connectivity index (χ4v) is 3.93. The molecular weight excluding hydrogens is 396 g/mol. The van der Waals surface area contributed by atoms with E-state index in [4.69, 9.17) is 9.47 Å². The molecule has 0 saturated heterocycles. The van der Waals surface area contributed by atoms with Gasteiger partial charge in [-0.15, -0.1) is 0 Å². The van der Waals surface area contributed by atoms with Crippen LogP contribution in [0.5, 0.6) is 0 Å². The average molecular weight is 427 g/mol. The van der Waals surface area contributed by atoms with Gasteiger partial charge in [-0.05, 0) is 16.5 Å². The number of carboxylic acids is 1. The summed E-state index contributed by atoms with van der Waals surface area (Å²) in [7, 11) is 0. The maximum atomic E-state index is 13.3. The molecule has 0 amide bonds. The second kappa shape index (κ2) is 10.2. The van der Waals surface area contributed by atoms with E-state index in [0.717, 1.165) is 0 Å². The summed E-state index contributed by atoms with van der Waals surface area (Å²) in [5.74, 6) is -4.62. The molecule has 0 saturated carbocycles. The Balaban J connectivity index is 2.40. The highest BCUT2D eigenvalue weighted by Gasteiger charge is 2.63. The van der Waals surface area contributed by atoms with Crippen molar-refractivity contribution < 1.29 is 29.0 Å². The zero-order chi connectivity index (χ0) is 23.1. The number of rotatable bonds is 9. The smallest absolute Gasteiger partial charge is 0.335 e. The zero-order valence-corrected chi connectivity index (χ0v) is 18.5. The molecule has 1 unspecified atom stereocenters. The van der Waals surface area contributed by atoms with Gasteiger partial charge in [-0.3, -0.25) is 14.4 Å². The first kappa shape index (κ1) is 24.1. The Hall–Kier alpha value is -3.15. The van der Waals surface area contributed by atoms with Gasteiger partial charge < -0.3 is 14.6 Å². The lowest BCUT2D eigenvalue weighted by molar-refractivity contribution is -0.192. The maximum Gasteiger partial charge on any atom is 0.335 e. The van der Waals surface area contributed by atoms with Crippen LogP contribution in [0.25, 0.3) is 0 Å². The van der Waals surface area contributed by atoms with E-state index < -0.39 is 34.7 Å². The third kappa shape index (κ3) is 5.51. The first-order valence-corrected chi connectivity index (χ1v) is 10.3. The van der Waals surface area contributed by atoms with Crippen LogP contribution < -0.4 is 0 Å². The second-order valence-corrected chi connectivity index (χ2v) is 8.56. The highest BCUT2D eigenvalue weighted by Crippen LogP contribution is 2.45. The number of carbonyl (C=O) groups excluding carboxylic acids is 2. The monoisotopic (exact) mass is 426 g/mol. The van der Waals surface area contributed by atoms with E-state index in [9.17, 15) is 19.5 Å². The molecule has 0 radical (unpaired) electrons. The molecule has 0 bridgehead atoms. The van der Waals surface area contributed by atoms with Gasteiger partial charge in [0, 0.05) is 5.92 Å². The van der Waals surface area contributed by atoms with Crippen LogP contribution in [-0.4, -0.2) is 23.0 Å². The summed E-state index contributed by atoms with van der Waals surface area (Å²) >= 11 is 0. The summed E-state index contributed by atoms with van der Waals surface area (Å²) < 4.78 is 10.8. The number of aliphatic carboxylic acids is 1. The molecule has 31 heavy (non-hydrogen) atoms. The summed E-state index contributed by atoms with van der Waals surface area (Å²) in [6.45, 7) is 6.88. The van der Waals surface area contributed by atoms with Gasteiger partial charge in [-0.2, -0.15) is 0 Å². The largest absolute Gasteiger partial charge is 0.480 e. The Labute approximate surface area is 183 Å². The Bertz CT molecular complexity index is 828. The highest BCUT2D eigenvalue weighted by molar-refractivity contribution is 6.17. The summed E-state index contributed by atoms with van der Waals surface area (Å²) in [5.41, 5.74) is -1.77. The van der Waals surface area contributed by atoms with Crippen molar-refractivity contribution in [1.29, 1.82) is 0 Å². The number of carbonyl (C=O) groups is 3. The predicted octanol–water partition coefficient (Wildman–Crippen LogP) is 4.62. The minimum atomic E-state index is -2.48. The van der Waals surface area contributed by atoms with E-state index >= 15 is 0 Å². The normalized spacial score (nSPS) is 12.6. The maximum absolute atomic E-state index is 13.3. The molecule has 0 heterocycles. The van der Waals surface area contributed by atoms with Gasteiger partial charge in [0.15, 0.2) is 0 Å². The number of esters is 2. The summed E-state index contributed by atoms with van der Waals surface area (Å²) in [6, 6.07) is 17.8. The molecule has 2 aromatic carbocycles. The van der Waals surface area contributed by atoms with Crippen LogP contribution in [0.3, 0.4) is 0 Å². The molecule has 2 rings (SSSR count). The molecule has 6 heteroatoms. The van der Waals surface area contributed by atoms with Crippen LogP contribution in [0.1, 0.15) is 45.2 Å². The quantitative estimate of drug-likeness (QED) is 0.465. The Morgan fingerprint density at radius 1 is 0.806 bits per heavy atom. The fourth-order valence-electron chi connectivity index (χ4n) is 3.93. The van der Waals surface area contributed by atoms with Crippen molar-refractivity contribution in [1.82, 2.24) is 0 Å². The Kier molecular flexibility index (Phi) is 7.97. The Morgan fingerprint density at radius 3 is 1.48 bits per heavy atom. The topological polar surface area (TPSA) is 89.9 Å². The van der Waals surface area contributed by atoms with E-state index in [-0.39, 0.29) is 19.6 Å². The van der Waals surface area contributed by atoms with Gasteiger partial charge in [-0.1, -0.05) is 94.8 Å². The minimum Gasteiger partial charge on any atom is -0.480 e. The summed E-state index contributed by atoms with van der Waals surface area (Å²) in [5, 5.41) is 10.2. The van der Waals surface area contributed by atoms with Crippen molar-refractivity contribution in [2.75, 3.05) is 0 Å². The molecule has 0 aromatic heterocycles. The van der Waals surface area contributed by atoms with Gasteiger partial charge in [0.2, 0.25) is 0 Å². The van der Waals surface area contributed by atoms with Gasteiger partial charge in [0.1, 0.15) is 13.2 Å². The van der Waals surface area contributed by atoms with Crippen LogP contribution in [0.2, 0.25) is 0 Å². The standard InChI is InChI=1S/C25H30O6/c1-5-20(24(2,3)4)25(21(26)27,22(28)30-16-18-12-8-6-9-13-18)23(29)31-17-19-14-10-7-11-15-19/h6-15,20H,5,16-17H2,1-4H3,(H,26,27). The third-order valence-corrected chi connectivity index (χ3v) is 5.38. The molecule has 0 aliphatic heterocycles. The molecule has 1 atom stereocenters. The number of hydrogen-bond donors (Lipinski definition) is 1. The van der Waals surface area contributed by atoms with Crippen molar-refractivity contribution in [3.63, 3.8) is 0 Å². The first-order chi connectivity index (χ1) is 14.6. The molecule has 166 valence electrons. The van der Waals surface area contributed by atoms with Crippen LogP contribution in [0.15, 0.2) is 60.7 Å². The highest BCUT2D eigenvalue weighted by atomic mass is 16.6. The van der Waals surface area contributed by atoms with E-state index in [1.54, 1.807) is 76.2 Å². The lowest BCUT2D eigenvalue weighted by atomic mass is 9.62. The molecule has 6 nitrogen and oxygen atoms in total. The first-order valence-electron chi connectivity index (χ1n) is 10.3. The summed E-state index contributed by atoms with van der Waals surface area (Å²) in [6.07, 6.45) is 0.274. The van der Waals surface area contributed by atoms with Crippen LogP contribution in [0, 0.1) is 16.7 Å². The van der Waals surface area contributed by atoms with Crippen LogP contribution >= 0.6 is 0 Å². The number of ether oxygens (including phenoxy) is 2. The van der Waals surface area contributed by atoms with E-state index in [0.29, 0.717) is 11.1 Å². The van der Waals surface area contributed by atoms with Gasteiger partial charge in [0.05, 0.1) is 0 Å². The van der Waals surface area contributed by atoms with Crippen molar-refractivity contribution in [3.8, 4) is 0 Å². The SMILES string of the molecule is CCC(C(C)(C)C)C(C(=O)O)(C(=O)OCc1ccccc1)C(=O)OCc1ccccc1. The third-order valence-electron chi connectivity index (χ3n) is 5.38. The summed E-state index contributed by atoms with van der Waals surface area (Å²) in [4.78, 5) is 39.1. The van der Waals surface area contributed by atoms with Gasteiger partial charge in [-0.25, -0.2) is 0 Å². The predicted molar refractivity (Wildman–Crippen MR) is 116 cm³/mol. The van der Waals surface area contributed by atoms with Crippen molar-refractivity contribution in [2.24, 2.45) is 16.7 Å². The lowest BCUT2D eigenvalue weighted by Gasteiger charge is -2.40. The van der Waals surface area contributed by atoms with Crippen LogP contribution in [-0.2, 0) is 37.1 Å². The van der Waals surface area contributed by atoms with E-state index in [1.165, 1.54) is 0 Å². The van der Waals surface area contributed by atoms with E-state index in [1.807, 2.05) is 12.1 Å². The molecule has 1 N–H and O–H groups in total. The fraction of sp³-hybridized carbons (Fsp3) is 0.400. The molecule has 0 fully saturated rings. The van der Waals surface area contributed by atoms with Crippen molar-refractivity contribution >= 4 is 17.9 Å². The molecular formula is C25H30O6. The molecule has 0 spiro atoms. The lowest BCUT2D eigenvalue weighted by Crippen LogP contribution is -2.56. The number of benzene rings is 2. The minimum absolute atomic E-state index is 0.138. The Morgan fingerprint density at radius 2 is 1.19 bits per heavy atom. The van der Waals surface area contributed by atoms with Crippen molar-refractivity contribution in [2.45, 2.75) is 47.3 Å². The van der Waals surface area contributed by atoms with Gasteiger partial charge >= 0.3 is 17.9 Å². The van der Waals surface area contributed by atoms with E-state index in [2.05, 4.69) is 0 Å². The number of hydrogen-bond acceptors (Lipinski definition) is 5. The van der Waals surface area contributed by atoms with Crippen LogP contribution in [0.4, 0.5) is 0 Å². The van der Waals surface area contributed by atoms with Crippen molar-refractivity contribution in [3.05, 3.63) is 71.8 Å². The molecule has 0 aliphatic rings. The average Bonchev–Trinajstić information content (AvgIpc) is 2.74.